The van der Waals surface area contributed by atoms with Gasteiger partial charge < -0.3 is 5.32 Å². The summed E-state index contributed by atoms with van der Waals surface area (Å²) in [7, 11) is 0. The second-order valence-electron chi connectivity index (χ2n) is 4.66. The lowest BCUT2D eigenvalue weighted by Crippen LogP contribution is -2.31. The van der Waals surface area contributed by atoms with Crippen molar-refractivity contribution in [2.24, 2.45) is 0 Å². The molecule has 16 heavy (non-hydrogen) atoms. The molecule has 0 aromatic heterocycles. The fourth-order valence-electron chi connectivity index (χ4n) is 2.71. The summed E-state index contributed by atoms with van der Waals surface area (Å²) in [6, 6.07) is 6.35. The zero-order valence-electron chi connectivity index (χ0n) is 9.21. The quantitative estimate of drug-likeness (QED) is 0.849. The van der Waals surface area contributed by atoms with Crippen molar-refractivity contribution in [2.45, 2.75) is 31.3 Å². The first-order valence-electron chi connectivity index (χ1n) is 5.95. The van der Waals surface area contributed by atoms with Crippen LogP contribution in [0.4, 0.5) is 4.39 Å². The predicted octanol–water partition coefficient (Wildman–Crippen LogP) is 2.91. The molecule has 1 fully saturated rings. The number of thioether (sulfide) groups is 1. The van der Waals surface area contributed by atoms with Crippen molar-refractivity contribution in [1.82, 2.24) is 5.32 Å². The van der Waals surface area contributed by atoms with Gasteiger partial charge in [-0.25, -0.2) is 4.39 Å². The molecular formula is C13H16FNS. The first-order valence-corrected chi connectivity index (χ1v) is 7.10. The van der Waals surface area contributed by atoms with Crippen LogP contribution in [0.5, 0.6) is 0 Å². The largest absolute Gasteiger partial charge is 0.306 e. The summed E-state index contributed by atoms with van der Waals surface area (Å²) >= 11 is 2.03. The standard InChI is InChI=1S/C13H16FNS/c14-10-2-3-12-9(7-10)1-4-13(12)15-11-5-6-16-8-11/h2-3,7,11,13,15H,1,4-6,8H2. The molecule has 1 aromatic rings. The summed E-state index contributed by atoms with van der Waals surface area (Å²) in [6.07, 6.45) is 3.42. The van der Waals surface area contributed by atoms with E-state index in [9.17, 15) is 4.39 Å². The molecule has 0 bridgehead atoms. The molecule has 1 aromatic carbocycles. The SMILES string of the molecule is Fc1ccc2c(c1)CCC2NC1CCSC1. The van der Waals surface area contributed by atoms with Gasteiger partial charge in [-0.2, -0.15) is 11.8 Å². The van der Waals surface area contributed by atoms with Crippen molar-refractivity contribution < 1.29 is 4.39 Å². The summed E-state index contributed by atoms with van der Waals surface area (Å²) in [5.74, 6) is 2.41. The minimum absolute atomic E-state index is 0.101. The molecule has 1 aliphatic carbocycles. The molecule has 2 unspecified atom stereocenters. The lowest BCUT2D eigenvalue weighted by Gasteiger charge is -2.19. The van der Waals surface area contributed by atoms with Gasteiger partial charge in [0.1, 0.15) is 5.82 Å². The summed E-state index contributed by atoms with van der Waals surface area (Å²) in [6.45, 7) is 0. The van der Waals surface area contributed by atoms with Gasteiger partial charge in [-0.15, -0.1) is 0 Å². The Morgan fingerprint density at radius 2 is 2.25 bits per heavy atom. The molecule has 3 rings (SSSR count). The minimum Gasteiger partial charge on any atom is -0.306 e. The molecule has 0 radical (unpaired) electrons. The molecule has 1 nitrogen and oxygen atoms in total. The molecule has 0 saturated carbocycles. The van der Waals surface area contributed by atoms with Crippen LogP contribution in [0.2, 0.25) is 0 Å². The van der Waals surface area contributed by atoms with Crippen molar-refractivity contribution in [1.29, 1.82) is 0 Å². The third kappa shape index (κ3) is 1.98. The van der Waals surface area contributed by atoms with Crippen LogP contribution in [0.3, 0.4) is 0 Å². The highest BCUT2D eigenvalue weighted by molar-refractivity contribution is 7.99. The van der Waals surface area contributed by atoms with Crippen LogP contribution in [0.15, 0.2) is 18.2 Å². The lowest BCUT2D eigenvalue weighted by molar-refractivity contribution is 0.459. The highest BCUT2D eigenvalue weighted by atomic mass is 32.2. The van der Waals surface area contributed by atoms with Gasteiger partial charge in [0.15, 0.2) is 0 Å². The molecule has 3 heteroatoms. The van der Waals surface area contributed by atoms with Gasteiger partial charge in [0, 0.05) is 17.8 Å². The van der Waals surface area contributed by atoms with Crippen LogP contribution < -0.4 is 5.32 Å². The van der Waals surface area contributed by atoms with E-state index in [2.05, 4.69) is 5.32 Å². The Balaban J connectivity index is 1.75. The van der Waals surface area contributed by atoms with Gasteiger partial charge in [-0.3, -0.25) is 0 Å². The first kappa shape index (κ1) is 10.6. The van der Waals surface area contributed by atoms with E-state index in [4.69, 9.17) is 0 Å². The molecule has 2 atom stereocenters. The summed E-state index contributed by atoms with van der Waals surface area (Å²) in [4.78, 5) is 0. The van der Waals surface area contributed by atoms with Gasteiger partial charge in [0.25, 0.3) is 0 Å². The van der Waals surface area contributed by atoms with Crippen LogP contribution in [0.25, 0.3) is 0 Å². The molecule has 1 N–H and O–H groups in total. The molecule has 86 valence electrons. The minimum atomic E-state index is -0.101. The monoisotopic (exact) mass is 237 g/mol. The number of hydrogen-bond donors (Lipinski definition) is 1. The summed E-state index contributed by atoms with van der Waals surface area (Å²) in [5.41, 5.74) is 2.52. The van der Waals surface area contributed by atoms with Crippen molar-refractivity contribution in [3.63, 3.8) is 0 Å². The molecule has 2 aliphatic rings. The van der Waals surface area contributed by atoms with Crippen molar-refractivity contribution >= 4 is 11.8 Å². The van der Waals surface area contributed by atoms with E-state index in [0.29, 0.717) is 12.1 Å². The first-order chi connectivity index (χ1) is 7.83. The maximum absolute atomic E-state index is 13.1. The number of halogens is 1. The van der Waals surface area contributed by atoms with E-state index in [0.717, 1.165) is 12.8 Å². The Kier molecular flexibility index (Phi) is 2.90. The Hall–Kier alpha value is -0.540. The van der Waals surface area contributed by atoms with Gasteiger partial charge in [0.05, 0.1) is 0 Å². The summed E-state index contributed by atoms with van der Waals surface area (Å²) < 4.78 is 13.1. The topological polar surface area (TPSA) is 12.0 Å². The van der Waals surface area contributed by atoms with Crippen LogP contribution in [-0.2, 0) is 6.42 Å². The smallest absolute Gasteiger partial charge is 0.123 e. The van der Waals surface area contributed by atoms with Crippen molar-refractivity contribution in [3.8, 4) is 0 Å². The average molecular weight is 237 g/mol. The average Bonchev–Trinajstić information content (AvgIpc) is 2.89. The second-order valence-corrected chi connectivity index (χ2v) is 5.81. The zero-order valence-corrected chi connectivity index (χ0v) is 10.0. The Morgan fingerprint density at radius 1 is 1.31 bits per heavy atom. The molecule has 1 aliphatic heterocycles. The number of benzene rings is 1. The third-order valence-corrected chi connectivity index (χ3v) is 4.71. The van der Waals surface area contributed by atoms with Crippen molar-refractivity contribution in [3.05, 3.63) is 35.1 Å². The highest BCUT2D eigenvalue weighted by Gasteiger charge is 2.26. The van der Waals surface area contributed by atoms with E-state index < -0.39 is 0 Å². The van der Waals surface area contributed by atoms with Crippen LogP contribution in [0.1, 0.15) is 30.0 Å². The van der Waals surface area contributed by atoms with Gasteiger partial charge in [-0.05, 0) is 48.3 Å². The normalized spacial score (nSPS) is 28.3. The Labute approximate surface area is 99.8 Å². The van der Waals surface area contributed by atoms with Crippen LogP contribution >= 0.6 is 11.8 Å². The van der Waals surface area contributed by atoms with E-state index in [1.807, 2.05) is 17.8 Å². The maximum atomic E-state index is 13.1. The number of hydrogen-bond acceptors (Lipinski definition) is 2. The maximum Gasteiger partial charge on any atom is 0.123 e. The number of rotatable bonds is 2. The molecule has 0 amide bonds. The number of nitrogens with one attached hydrogen (secondary N) is 1. The van der Waals surface area contributed by atoms with Gasteiger partial charge >= 0.3 is 0 Å². The van der Waals surface area contributed by atoms with E-state index in [1.54, 1.807) is 12.1 Å². The molecule has 1 saturated heterocycles. The summed E-state index contributed by atoms with van der Waals surface area (Å²) in [5, 5.41) is 3.71. The highest BCUT2D eigenvalue weighted by Crippen LogP contribution is 2.33. The van der Waals surface area contributed by atoms with E-state index in [-0.39, 0.29) is 5.82 Å². The third-order valence-electron chi connectivity index (χ3n) is 3.55. The Bertz CT molecular complexity index is 388. The lowest BCUT2D eigenvalue weighted by atomic mass is 10.1. The fraction of sp³-hybridized carbons (Fsp3) is 0.538. The fourth-order valence-corrected chi connectivity index (χ4v) is 3.87. The molecule has 0 spiro atoms. The molecule has 1 heterocycles. The Morgan fingerprint density at radius 3 is 3.06 bits per heavy atom. The van der Waals surface area contributed by atoms with Crippen molar-refractivity contribution in [2.75, 3.05) is 11.5 Å². The van der Waals surface area contributed by atoms with Crippen LogP contribution in [-0.4, -0.2) is 17.5 Å². The second kappa shape index (κ2) is 4.38. The zero-order chi connectivity index (χ0) is 11.0. The van der Waals surface area contributed by atoms with Gasteiger partial charge in [0.2, 0.25) is 0 Å². The van der Waals surface area contributed by atoms with E-state index in [1.165, 1.54) is 29.1 Å². The van der Waals surface area contributed by atoms with Gasteiger partial charge in [-0.1, -0.05) is 6.07 Å². The molecular weight excluding hydrogens is 221 g/mol. The van der Waals surface area contributed by atoms with E-state index >= 15 is 0 Å². The number of aryl methyl sites for hydroxylation is 1. The van der Waals surface area contributed by atoms with Crippen LogP contribution in [0, 0.1) is 5.82 Å². The predicted molar refractivity (Wildman–Crippen MR) is 66.3 cm³/mol. The number of fused-ring (bicyclic) bond motifs is 1.